The third-order valence-electron chi connectivity index (χ3n) is 3.83. The van der Waals surface area contributed by atoms with Crippen molar-refractivity contribution in [3.05, 3.63) is 58.9 Å². The van der Waals surface area contributed by atoms with E-state index in [2.05, 4.69) is 15.2 Å². The van der Waals surface area contributed by atoms with E-state index in [1.54, 1.807) is 4.40 Å². The van der Waals surface area contributed by atoms with Gasteiger partial charge in [0.25, 0.3) is 0 Å². The number of carboxylic acids is 1. The van der Waals surface area contributed by atoms with Crippen LogP contribution >= 0.6 is 0 Å². The molecule has 0 unspecified atom stereocenters. The van der Waals surface area contributed by atoms with Gasteiger partial charge in [0.1, 0.15) is 5.65 Å². The molecule has 2 aromatic heterocycles. The van der Waals surface area contributed by atoms with Gasteiger partial charge in [0, 0.05) is 6.20 Å². The molecular weight excluding hydrogens is 304 g/mol. The predicted molar refractivity (Wildman–Crippen MR) is 91.4 cm³/mol. The van der Waals surface area contributed by atoms with E-state index < -0.39 is 5.97 Å². The van der Waals surface area contributed by atoms with Gasteiger partial charge in [0.2, 0.25) is 0 Å². The van der Waals surface area contributed by atoms with E-state index in [9.17, 15) is 4.79 Å². The highest BCUT2D eigenvalue weighted by atomic mass is 16.4. The average Bonchev–Trinajstić information content (AvgIpc) is 2.82. The number of fused-ring (bicyclic) bond motifs is 1. The summed E-state index contributed by atoms with van der Waals surface area (Å²) in [5.41, 5.74) is 4.95. The lowest BCUT2D eigenvalue weighted by Gasteiger charge is -2.03. The topological polar surface area (TPSA) is 79.3 Å². The van der Waals surface area contributed by atoms with Crippen LogP contribution in [0.15, 0.2) is 46.8 Å². The van der Waals surface area contributed by atoms with E-state index in [1.165, 1.54) is 0 Å². The Hall–Kier alpha value is -3.02. The zero-order valence-corrected chi connectivity index (χ0v) is 13.8. The number of pyridine rings is 1. The molecule has 2 heterocycles. The lowest BCUT2D eigenvalue weighted by Crippen LogP contribution is -2.00. The Morgan fingerprint density at radius 1 is 1.17 bits per heavy atom. The van der Waals surface area contributed by atoms with Crippen LogP contribution in [0, 0.1) is 20.8 Å². The predicted octanol–water partition coefficient (Wildman–Crippen LogP) is 4.30. The van der Waals surface area contributed by atoms with Gasteiger partial charge >= 0.3 is 5.97 Å². The number of hydrogen-bond acceptors (Lipinski definition) is 4. The first-order chi connectivity index (χ1) is 11.5. The SMILES string of the molecule is Cc1ccn2c(N=Nc3c(C)cccc3C)c(CC(=O)O)nc2c1. The summed E-state index contributed by atoms with van der Waals surface area (Å²) in [6.45, 7) is 5.90. The van der Waals surface area contributed by atoms with Crippen LogP contribution in [0.1, 0.15) is 22.4 Å². The number of rotatable bonds is 4. The van der Waals surface area contributed by atoms with Gasteiger partial charge in [0.15, 0.2) is 5.82 Å². The number of carbonyl (C=O) groups is 1. The minimum atomic E-state index is -0.946. The minimum absolute atomic E-state index is 0.193. The molecule has 0 atom stereocenters. The first-order valence-corrected chi connectivity index (χ1v) is 7.63. The number of carboxylic acid groups (broad SMARTS) is 1. The highest BCUT2D eigenvalue weighted by Crippen LogP contribution is 2.28. The fraction of sp³-hybridized carbons (Fsp3) is 0.222. The van der Waals surface area contributed by atoms with Gasteiger partial charge in [-0.2, -0.15) is 0 Å². The van der Waals surface area contributed by atoms with Crippen molar-refractivity contribution < 1.29 is 9.90 Å². The number of aryl methyl sites for hydroxylation is 3. The number of aliphatic carboxylic acids is 1. The van der Waals surface area contributed by atoms with Gasteiger partial charge in [-0.25, -0.2) is 4.98 Å². The van der Waals surface area contributed by atoms with Crippen molar-refractivity contribution in [2.75, 3.05) is 0 Å². The fourth-order valence-corrected chi connectivity index (χ4v) is 2.61. The van der Waals surface area contributed by atoms with E-state index in [0.717, 1.165) is 22.4 Å². The number of hydrogen-bond donors (Lipinski definition) is 1. The molecule has 6 nitrogen and oxygen atoms in total. The van der Waals surface area contributed by atoms with Gasteiger partial charge in [-0.1, -0.05) is 18.2 Å². The van der Waals surface area contributed by atoms with Crippen molar-refractivity contribution in [3.63, 3.8) is 0 Å². The first kappa shape index (κ1) is 15.9. The Morgan fingerprint density at radius 3 is 2.54 bits per heavy atom. The van der Waals surface area contributed by atoms with E-state index in [1.807, 2.05) is 57.3 Å². The zero-order valence-electron chi connectivity index (χ0n) is 13.8. The zero-order chi connectivity index (χ0) is 17.3. The van der Waals surface area contributed by atoms with Crippen LogP contribution in [-0.4, -0.2) is 20.5 Å². The summed E-state index contributed by atoms with van der Waals surface area (Å²) in [5, 5.41) is 17.8. The third-order valence-corrected chi connectivity index (χ3v) is 3.83. The normalized spacial score (nSPS) is 11.5. The maximum Gasteiger partial charge on any atom is 0.309 e. The van der Waals surface area contributed by atoms with Gasteiger partial charge in [-0.15, -0.1) is 10.2 Å². The molecule has 0 radical (unpaired) electrons. The third kappa shape index (κ3) is 3.03. The molecule has 1 aromatic carbocycles. The van der Waals surface area contributed by atoms with Crippen LogP contribution in [0.2, 0.25) is 0 Å². The molecule has 0 amide bonds. The van der Waals surface area contributed by atoms with Gasteiger partial charge < -0.3 is 5.11 Å². The number of nitrogens with zero attached hydrogens (tertiary/aromatic N) is 4. The summed E-state index contributed by atoms with van der Waals surface area (Å²) >= 11 is 0. The van der Waals surface area contributed by atoms with Crippen molar-refractivity contribution >= 4 is 23.1 Å². The van der Waals surface area contributed by atoms with Gasteiger partial charge in [0.05, 0.1) is 17.8 Å². The second kappa shape index (κ2) is 6.23. The lowest BCUT2D eigenvalue weighted by molar-refractivity contribution is -0.136. The molecule has 0 fully saturated rings. The maximum atomic E-state index is 11.1. The van der Waals surface area contributed by atoms with E-state index >= 15 is 0 Å². The quantitative estimate of drug-likeness (QED) is 0.727. The van der Waals surface area contributed by atoms with Crippen molar-refractivity contribution in [1.29, 1.82) is 0 Å². The molecule has 0 saturated heterocycles. The summed E-state index contributed by atoms with van der Waals surface area (Å²) < 4.78 is 1.77. The van der Waals surface area contributed by atoms with Crippen LogP contribution in [0.3, 0.4) is 0 Å². The molecule has 0 spiro atoms. The molecule has 0 aliphatic heterocycles. The highest BCUT2D eigenvalue weighted by molar-refractivity contribution is 5.72. The molecule has 3 rings (SSSR count). The maximum absolute atomic E-state index is 11.1. The molecule has 1 N–H and O–H groups in total. The highest BCUT2D eigenvalue weighted by Gasteiger charge is 2.15. The largest absolute Gasteiger partial charge is 0.481 e. The molecule has 0 saturated carbocycles. The van der Waals surface area contributed by atoms with Crippen molar-refractivity contribution in [2.45, 2.75) is 27.2 Å². The molecule has 24 heavy (non-hydrogen) atoms. The van der Waals surface area contributed by atoms with E-state index in [-0.39, 0.29) is 6.42 Å². The fourth-order valence-electron chi connectivity index (χ4n) is 2.61. The van der Waals surface area contributed by atoms with Crippen LogP contribution in [0.5, 0.6) is 0 Å². The van der Waals surface area contributed by atoms with E-state index in [4.69, 9.17) is 5.11 Å². The van der Waals surface area contributed by atoms with Gasteiger partial charge in [-0.3, -0.25) is 9.20 Å². The Kier molecular flexibility index (Phi) is 4.12. The summed E-state index contributed by atoms with van der Waals surface area (Å²) in [6, 6.07) is 9.73. The second-order valence-electron chi connectivity index (χ2n) is 5.83. The molecule has 6 heteroatoms. The van der Waals surface area contributed by atoms with Crippen molar-refractivity contribution in [1.82, 2.24) is 9.38 Å². The molecular formula is C18H18N4O2. The van der Waals surface area contributed by atoms with Crippen LogP contribution < -0.4 is 0 Å². The standard InChI is InChI=1S/C18H18N4O2/c1-11-7-8-22-15(9-11)19-14(10-16(23)24)18(22)21-20-17-12(2)5-4-6-13(17)3/h4-9H,10H2,1-3H3,(H,23,24). The minimum Gasteiger partial charge on any atom is -0.481 e. The second-order valence-corrected chi connectivity index (χ2v) is 5.83. The average molecular weight is 322 g/mol. The molecule has 0 aliphatic carbocycles. The number of azo groups is 1. The number of aromatic nitrogens is 2. The lowest BCUT2D eigenvalue weighted by atomic mass is 10.1. The Bertz CT molecular complexity index is 937. The first-order valence-electron chi connectivity index (χ1n) is 7.63. The summed E-state index contributed by atoms with van der Waals surface area (Å²) in [4.78, 5) is 15.5. The molecule has 122 valence electrons. The summed E-state index contributed by atoms with van der Waals surface area (Å²) in [6.07, 6.45) is 1.64. The summed E-state index contributed by atoms with van der Waals surface area (Å²) in [5.74, 6) is -0.492. The van der Waals surface area contributed by atoms with Crippen LogP contribution in [0.25, 0.3) is 5.65 Å². The van der Waals surface area contributed by atoms with E-state index in [0.29, 0.717) is 17.2 Å². The smallest absolute Gasteiger partial charge is 0.309 e. The van der Waals surface area contributed by atoms with Crippen molar-refractivity contribution in [3.8, 4) is 0 Å². The van der Waals surface area contributed by atoms with Crippen LogP contribution in [0.4, 0.5) is 11.5 Å². The Balaban J connectivity index is 2.13. The molecule has 0 aliphatic rings. The molecule has 0 bridgehead atoms. The Morgan fingerprint density at radius 2 is 1.88 bits per heavy atom. The van der Waals surface area contributed by atoms with Crippen LogP contribution in [-0.2, 0) is 11.2 Å². The summed E-state index contributed by atoms with van der Waals surface area (Å²) in [7, 11) is 0. The Labute approximate surface area is 139 Å². The monoisotopic (exact) mass is 322 g/mol. The van der Waals surface area contributed by atoms with Crippen molar-refractivity contribution in [2.24, 2.45) is 10.2 Å². The molecule has 3 aromatic rings. The number of benzene rings is 1. The van der Waals surface area contributed by atoms with Gasteiger partial charge in [-0.05, 0) is 49.6 Å². The number of imidazole rings is 1.